The number of hydrogen-bond acceptors (Lipinski definition) is 6. The van der Waals surface area contributed by atoms with Crippen LogP contribution in [0.2, 0.25) is 0 Å². The average Bonchev–Trinajstić information content (AvgIpc) is 3.39. The first-order valence-electron chi connectivity index (χ1n) is 10.6. The van der Waals surface area contributed by atoms with Crippen LogP contribution in [0, 0.1) is 0 Å². The normalized spacial score (nSPS) is 14.7. The summed E-state index contributed by atoms with van der Waals surface area (Å²) in [6.45, 7) is 3.04. The molecule has 0 radical (unpaired) electrons. The van der Waals surface area contributed by atoms with E-state index in [1.54, 1.807) is 0 Å². The molecule has 4 aromatic rings. The summed E-state index contributed by atoms with van der Waals surface area (Å²) in [6, 6.07) is 17.7. The Morgan fingerprint density at radius 1 is 0.968 bits per heavy atom. The van der Waals surface area contributed by atoms with Crippen LogP contribution < -0.4 is 4.90 Å². The molecule has 0 bridgehead atoms. The molecule has 5 rings (SSSR count). The maximum absolute atomic E-state index is 12.8. The lowest BCUT2D eigenvalue weighted by Crippen LogP contribution is -2.35. The van der Waals surface area contributed by atoms with Crippen LogP contribution in [-0.2, 0) is 11.2 Å². The molecule has 0 aliphatic carbocycles. The summed E-state index contributed by atoms with van der Waals surface area (Å²) >= 11 is 0. The number of hydrogen-bond donors (Lipinski definition) is 1. The Morgan fingerprint density at radius 2 is 1.81 bits per heavy atom. The van der Waals surface area contributed by atoms with E-state index in [0.29, 0.717) is 31.2 Å². The first kappa shape index (κ1) is 19.3. The summed E-state index contributed by atoms with van der Waals surface area (Å²) in [6.07, 6.45) is 1.71. The molecule has 1 aliphatic heterocycles. The molecule has 1 N–H and O–H groups in total. The number of H-pyrrole nitrogens is 1. The van der Waals surface area contributed by atoms with Gasteiger partial charge in [-0.1, -0.05) is 30.3 Å². The molecular weight excluding hydrogens is 392 g/mol. The number of rotatable bonds is 5. The Bertz CT molecular complexity index is 1140. The van der Waals surface area contributed by atoms with Gasteiger partial charge in [0, 0.05) is 44.6 Å². The molecular formula is C23H24N6O2. The predicted molar refractivity (Wildman–Crippen MR) is 118 cm³/mol. The topological polar surface area (TPSA) is 91.2 Å². The van der Waals surface area contributed by atoms with E-state index in [0.717, 1.165) is 48.6 Å². The maximum atomic E-state index is 12.8. The Labute approximate surface area is 179 Å². The fourth-order valence-corrected chi connectivity index (χ4v) is 3.89. The minimum absolute atomic E-state index is 0.117. The van der Waals surface area contributed by atoms with Gasteiger partial charge in [0.05, 0.1) is 11.0 Å². The van der Waals surface area contributed by atoms with E-state index >= 15 is 0 Å². The fourth-order valence-electron chi connectivity index (χ4n) is 3.89. The van der Waals surface area contributed by atoms with Crippen molar-refractivity contribution in [1.29, 1.82) is 0 Å². The Morgan fingerprint density at radius 3 is 2.68 bits per heavy atom. The molecule has 1 saturated heterocycles. The molecule has 0 atom stereocenters. The van der Waals surface area contributed by atoms with Crippen LogP contribution in [0.4, 0.5) is 5.95 Å². The summed E-state index contributed by atoms with van der Waals surface area (Å²) in [5.41, 5.74) is 2.87. The molecule has 8 heteroatoms. The molecule has 0 unspecified atom stereocenters. The Kier molecular flexibility index (Phi) is 5.35. The molecule has 2 aromatic carbocycles. The number of fused-ring (bicyclic) bond motifs is 1. The fraction of sp³-hybridized carbons (Fsp3) is 0.304. The monoisotopic (exact) mass is 416 g/mol. The van der Waals surface area contributed by atoms with E-state index in [1.165, 1.54) is 0 Å². The lowest BCUT2D eigenvalue weighted by Gasteiger charge is -2.21. The summed E-state index contributed by atoms with van der Waals surface area (Å²) in [5.74, 6) is 1.96. The summed E-state index contributed by atoms with van der Waals surface area (Å²) in [4.78, 5) is 25.0. The number of amides is 1. The van der Waals surface area contributed by atoms with Gasteiger partial charge in [-0.05, 0) is 30.7 Å². The van der Waals surface area contributed by atoms with Crippen molar-refractivity contribution >= 4 is 22.9 Å². The minimum atomic E-state index is 0.117. The standard InChI is InChI=1S/C23H24N6O2/c30-21(12-11-20-26-27-22(31-20)17-7-2-1-3-8-17)28-13-6-14-29(16-15-28)23-24-18-9-4-5-10-19(18)25-23/h1-5,7-10H,6,11-16H2,(H,24,25). The number of nitrogens with one attached hydrogen (secondary N) is 1. The first-order chi connectivity index (χ1) is 15.3. The van der Waals surface area contributed by atoms with E-state index in [2.05, 4.69) is 20.1 Å². The van der Waals surface area contributed by atoms with Gasteiger partial charge in [0.25, 0.3) is 0 Å². The van der Waals surface area contributed by atoms with Crippen LogP contribution in [0.1, 0.15) is 18.7 Å². The van der Waals surface area contributed by atoms with Crippen molar-refractivity contribution in [2.24, 2.45) is 0 Å². The van der Waals surface area contributed by atoms with Gasteiger partial charge in [0.1, 0.15) is 0 Å². The number of imidazole rings is 1. The van der Waals surface area contributed by atoms with Crippen LogP contribution >= 0.6 is 0 Å². The lowest BCUT2D eigenvalue weighted by molar-refractivity contribution is -0.131. The van der Waals surface area contributed by atoms with Gasteiger partial charge in [-0.15, -0.1) is 10.2 Å². The number of nitrogens with zero attached hydrogens (tertiary/aromatic N) is 5. The third-order valence-corrected chi connectivity index (χ3v) is 5.57. The Hall–Kier alpha value is -3.68. The second kappa shape index (κ2) is 8.59. The van der Waals surface area contributed by atoms with Crippen LogP contribution in [-0.4, -0.2) is 57.2 Å². The highest BCUT2D eigenvalue weighted by Gasteiger charge is 2.21. The van der Waals surface area contributed by atoms with Gasteiger partial charge >= 0.3 is 0 Å². The number of carbonyl (C=O) groups excluding carboxylic acids is 1. The number of aromatic amines is 1. The van der Waals surface area contributed by atoms with E-state index in [-0.39, 0.29) is 5.91 Å². The zero-order chi connectivity index (χ0) is 21.0. The van der Waals surface area contributed by atoms with Crippen molar-refractivity contribution < 1.29 is 9.21 Å². The van der Waals surface area contributed by atoms with Crippen LogP contribution in [0.25, 0.3) is 22.5 Å². The molecule has 1 amide bonds. The van der Waals surface area contributed by atoms with Gasteiger partial charge in [0.15, 0.2) is 0 Å². The first-order valence-corrected chi connectivity index (χ1v) is 10.6. The summed E-state index contributed by atoms with van der Waals surface area (Å²) in [7, 11) is 0. The van der Waals surface area contributed by atoms with Crippen LogP contribution in [0.15, 0.2) is 59.0 Å². The number of aromatic nitrogens is 4. The minimum Gasteiger partial charge on any atom is -0.421 e. The number of anilines is 1. The van der Waals surface area contributed by atoms with E-state index in [9.17, 15) is 4.79 Å². The van der Waals surface area contributed by atoms with Crippen molar-refractivity contribution in [3.8, 4) is 11.5 Å². The molecule has 8 nitrogen and oxygen atoms in total. The lowest BCUT2D eigenvalue weighted by atomic mass is 10.2. The Balaban J connectivity index is 1.17. The van der Waals surface area contributed by atoms with Gasteiger partial charge in [0.2, 0.25) is 23.6 Å². The smallest absolute Gasteiger partial charge is 0.247 e. The van der Waals surface area contributed by atoms with Gasteiger partial charge < -0.3 is 19.2 Å². The molecule has 3 heterocycles. The SMILES string of the molecule is O=C(CCc1nnc(-c2ccccc2)o1)N1CCCN(c2nc3ccccc3[nH]2)CC1. The van der Waals surface area contributed by atoms with Crippen LogP contribution in [0.5, 0.6) is 0 Å². The van der Waals surface area contributed by atoms with E-state index < -0.39 is 0 Å². The predicted octanol–water partition coefficient (Wildman–Crippen LogP) is 3.28. The average molecular weight is 416 g/mol. The molecule has 1 fully saturated rings. The quantitative estimate of drug-likeness (QED) is 0.537. The van der Waals surface area contributed by atoms with E-state index in [1.807, 2.05) is 59.5 Å². The summed E-state index contributed by atoms with van der Waals surface area (Å²) < 4.78 is 5.72. The highest BCUT2D eigenvalue weighted by atomic mass is 16.4. The van der Waals surface area contributed by atoms with Crippen LogP contribution in [0.3, 0.4) is 0 Å². The second-order valence-corrected chi connectivity index (χ2v) is 7.67. The van der Waals surface area contributed by atoms with Gasteiger partial charge in [-0.25, -0.2) is 4.98 Å². The number of para-hydroxylation sites is 2. The molecule has 0 spiro atoms. The van der Waals surface area contributed by atoms with Gasteiger partial charge in [-0.3, -0.25) is 4.79 Å². The van der Waals surface area contributed by atoms with E-state index in [4.69, 9.17) is 9.40 Å². The molecule has 2 aromatic heterocycles. The maximum Gasteiger partial charge on any atom is 0.247 e. The van der Waals surface area contributed by atoms with Crippen molar-refractivity contribution in [3.05, 3.63) is 60.5 Å². The van der Waals surface area contributed by atoms with Gasteiger partial charge in [-0.2, -0.15) is 0 Å². The highest BCUT2D eigenvalue weighted by Crippen LogP contribution is 2.20. The number of carbonyl (C=O) groups is 1. The molecule has 158 valence electrons. The third kappa shape index (κ3) is 4.28. The molecule has 1 aliphatic rings. The summed E-state index contributed by atoms with van der Waals surface area (Å²) in [5, 5.41) is 8.19. The highest BCUT2D eigenvalue weighted by molar-refractivity contribution is 5.78. The third-order valence-electron chi connectivity index (χ3n) is 5.57. The second-order valence-electron chi connectivity index (χ2n) is 7.67. The largest absolute Gasteiger partial charge is 0.421 e. The molecule has 0 saturated carbocycles. The zero-order valence-corrected chi connectivity index (χ0v) is 17.2. The van der Waals surface area contributed by atoms with Crippen molar-refractivity contribution in [2.75, 3.05) is 31.1 Å². The van der Waals surface area contributed by atoms with Crippen molar-refractivity contribution in [2.45, 2.75) is 19.3 Å². The number of aryl methyl sites for hydroxylation is 1. The molecule has 31 heavy (non-hydrogen) atoms. The van der Waals surface area contributed by atoms with Crippen molar-refractivity contribution in [1.82, 2.24) is 25.1 Å². The van der Waals surface area contributed by atoms with Crippen molar-refractivity contribution in [3.63, 3.8) is 0 Å². The number of benzene rings is 2. The zero-order valence-electron chi connectivity index (χ0n) is 17.2.